The molecule has 1 heterocycles. The van der Waals surface area contributed by atoms with Crippen molar-refractivity contribution in [1.29, 1.82) is 0 Å². The maximum Gasteiger partial charge on any atom is 0.276 e. The van der Waals surface area contributed by atoms with Crippen LogP contribution in [-0.4, -0.2) is 26.2 Å². The van der Waals surface area contributed by atoms with E-state index >= 15 is 0 Å². The predicted molar refractivity (Wildman–Crippen MR) is 121 cm³/mol. The minimum Gasteiger partial charge on any atom is -0.471 e. The number of halogens is 3. The fourth-order valence-corrected chi connectivity index (χ4v) is 3.59. The normalized spacial score (nSPS) is 14.0. The van der Waals surface area contributed by atoms with E-state index in [0.717, 1.165) is 23.3 Å². The summed E-state index contributed by atoms with van der Waals surface area (Å²) in [5.41, 5.74) is -0.0862. The number of carbonyl (C=O) groups excluding carboxylic acids is 1. The molecule has 1 saturated carbocycles. The first kappa shape index (κ1) is 23.8. The van der Waals surface area contributed by atoms with E-state index in [1.165, 1.54) is 10.6 Å². The summed E-state index contributed by atoms with van der Waals surface area (Å²) in [5.74, 6) is -1.68. The number of amides is 1. The lowest BCUT2D eigenvalue weighted by molar-refractivity contribution is -0.131. The summed E-state index contributed by atoms with van der Waals surface area (Å²) in [6, 6.07) is 10.4. The molecular weight excluding hydrogens is 468 g/mol. The van der Waals surface area contributed by atoms with Gasteiger partial charge in [0.05, 0.1) is 6.54 Å². The van der Waals surface area contributed by atoms with Gasteiger partial charge in [-0.2, -0.15) is 4.98 Å². The number of carbonyl (C=O) groups is 1. The van der Waals surface area contributed by atoms with Crippen LogP contribution < -0.4 is 15.6 Å². The molecule has 4 rings (SSSR count). The summed E-state index contributed by atoms with van der Waals surface area (Å²) in [6.07, 6.45) is 0.931. The molecule has 1 fully saturated rings. The molecule has 34 heavy (non-hydrogen) atoms. The van der Waals surface area contributed by atoms with Gasteiger partial charge in [-0.3, -0.25) is 14.2 Å². The monoisotopic (exact) mass is 489 g/mol. The number of aryl methyl sites for hydroxylation is 1. The van der Waals surface area contributed by atoms with Gasteiger partial charge in [-0.05, 0) is 43.0 Å². The van der Waals surface area contributed by atoms with E-state index in [9.17, 15) is 23.5 Å². The zero-order valence-electron chi connectivity index (χ0n) is 18.3. The van der Waals surface area contributed by atoms with Crippen molar-refractivity contribution in [3.05, 3.63) is 92.0 Å². The number of nitrogens with one attached hydrogen (secondary N) is 1. The fourth-order valence-electron chi connectivity index (χ4n) is 3.39. The molecule has 3 aromatic rings. The van der Waals surface area contributed by atoms with E-state index in [0.29, 0.717) is 18.7 Å². The molecule has 2 aromatic carbocycles. The number of rotatable bonds is 8. The number of hydrogen-bond donors (Lipinski definition) is 2. The molecule has 1 aromatic heterocycles. The lowest BCUT2D eigenvalue weighted by Gasteiger charge is -2.14. The van der Waals surface area contributed by atoms with Gasteiger partial charge in [0.2, 0.25) is 5.88 Å². The first-order chi connectivity index (χ1) is 16.2. The second-order valence-corrected chi connectivity index (χ2v) is 8.61. The molecule has 0 radical (unpaired) electrons. The molecule has 7 nitrogen and oxygen atoms in total. The van der Waals surface area contributed by atoms with Crippen molar-refractivity contribution in [2.45, 2.75) is 45.1 Å². The Morgan fingerprint density at radius 3 is 2.68 bits per heavy atom. The molecule has 0 bridgehead atoms. The minimum absolute atomic E-state index is 0.0961. The molecule has 0 aliphatic heterocycles. The van der Waals surface area contributed by atoms with Gasteiger partial charge < -0.3 is 15.2 Å². The molecule has 0 saturated heterocycles. The van der Waals surface area contributed by atoms with E-state index in [1.807, 2.05) is 18.2 Å². The van der Waals surface area contributed by atoms with E-state index in [-0.39, 0.29) is 36.2 Å². The van der Waals surface area contributed by atoms with Crippen LogP contribution in [0.15, 0.2) is 47.3 Å². The molecule has 1 aliphatic rings. The van der Waals surface area contributed by atoms with Crippen molar-refractivity contribution in [3.63, 3.8) is 0 Å². The smallest absolute Gasteiger partial charge is 0.276 e. The Morgan fingerprint density at radius 1 is 1.24 bits per heavy atom. The van der Waals surface area contributed by atoms with Gasteiger partial charge >= 0.3 is 0 Å². The SMILES string of the molecule is Cc1nc(OCc2ccc(F)cc2F)c(Cl)c(=O)n1Cc1cccc(CNC(=O)C2(O)CC2)c1. The number of aliphatic hydroxyl groups is 1. The quantitative estimate of drug-likeness (QED) is 0.506. The van der Waals surface area contributed by atoms with E-state index in [2.05, 4.69) is 10.3 Å². The van der Waals surface area contributed by atoms with Crippen LogP contribution in [0.5, 0.6) is 5.88 Å². The Hall–Kier alpha value is -3.30. The largest absolute Gasteiger partial charge is 0.471 e. The van der Waals surface area contributed by atoms with Gasteiger partial charge in [-0.25, -0.2) is 8.78 Å². The lowest BCUT2D eigenvalue weighted by Crippen LogP contribution is -2.35. The molecule has 1 aliphatic carbocycles. The maximum absolute atomic E-state index is 13.8. The van der Waals surface area contributed by atoms with E-state index < -0.39 is 28.7 Å². The maximum atomic E-state index is 13.8. The Morgan fingerprint density at radius 2 is 1.97 bits per heavy atom. The number of benzene rings is 2. The number of ether oxygens (including phenoxy) is 1. The third-order valence-electron chi connectivity index (χ3n) is 5.59. The molecule has 0 spiro atoms. The lowest BCUT2D eigenvalue weighted by atomic mass is 10.1. The average Bonchev–Trinajstić information content (AvgIpc) is 3.56. The second-order valence-electron chi connectivity index (χ2n) is 8.23. The highest BCUT2D eigenvalue weighted by atomic mass is 35.5. The molecule has 2 N–H and O–H groups in total. The summed E-state index contributed by atoms with van der Waals surface area (Å²) >= 11 is 6.19. The van der Waals surface area contributed by atoms with Crippen LogP contribution in [-0.2, 0) is 24.5 Å². The zero-order valence-corrected chi connectivity index (χ0v) is 19.0. The number of nitrogens with zero attached hydrogens (tertiary/aromatic N) is 2. The van der Waals surface area contributed by atoms with E-state index in [1.54, 1.807) is 13.0 Å². The van der Waals surface area contributed by atoms with Crippen LogP contribution in [0.4, 0.5) is 8.78 Å². The van der Waals surface area contributed by atoms with Crippen molar-refractivity contribution in [2.75, 3.05) is 0 Å². The second kappa shape index (κ2) is 9.52. The molecule has 178 valence electrons. The van der Waals surface area contributed by atoms with Crippen LogP contribution in [0.25, 0.3) is 0 Å². The third-order valence-corrected chi connectivity index (χ3v) is 5.91. The first-order valence-corrected chi connectivity index (χ1v) is 11.0. The topological polar surface area (TPSA) is 93.5 Å². The van der Waals surface area contributed by atoms with Crippen LogP contribution in [0.1, 0.15) is 35.4 Å². The van der Waals surface area contributed by atoms with Crippen LogP contribution >= 0.6 is 11.6 Å². The van der Waals surface area contributed by atoms with Gasteiger partial charge in [0, 0.05) is 18.2 Å². The van der Waals surface area contributed by atoms with Crippen LogP contribution in [0, 0.1) is 18.6 Å². The third kappa shape index (κ3) is 5.26. The van der Waals surface area contributed by atoms with Gasteiger partial charge in [0.1, 0.15) is 29.7 Å². The van der Waals surface area contributed by atoms with Gasteiger partial charge in [0.25, 0.3) is 11.5 Å². The Bertz CT molecular complexity index is 1310. The Kier molecular flexibility index (Phi) is 6.67. The summed E-state index contributed by atoms with van der Waals surface area (Å²) < 4.78 is 33.7. The minimum atomic E-state index is -1.24. The predicted octanol–water partition coefficient (Wildman–Crippen LogP) is 3.25. The van der Waals surface area contributed by atoms with Crippen molar-refractivity contribution in [3.8, 4) is 5.88 Å². The summed E-state index contributed by atoms with van der Waals surface area (Å²) in [6.45, 7) is 1.76. The number of hydrogen-bond acceptors (Lipinski definition) is 5. The van der Waals surface area contributed by atoms with Crippen LogP contribution in [0.3, 0.4) is 0 Å². The van der Waals surface area contributed by atoms with Gasteiger partial charge in [-0.15, -0.1) is 0 Å². The summed E-state index contributed by atoms with van der Waals surface area (Å²) in [7, 11) is 0. The fraction of sp³-hybridized carbons (Fsp3) is 0.292. The highest BCUT2D eigenvalue weighted by Crippen LogP contribution is 2.35. The molecule has 0 atom stereocenters. The highest BCUT2D eigenvalue weighted by Gasteiger charge is 2.47. The van der Waals surface area contributed by atoms with Crippen molar-refractivity contribution < 1.29 is 23.4 Å². The van der Waals surface area contributed by atoms with E-state index in [4.69, 9.17) is 16.3 Å². The molecule has 10 heteroatoms. The van der Waals surface area contributed by atoms with Gasteiger partial charge in [-0.1, -0.05) is 35.9 Å². The zero-order chi connectivity index (χ0) is 24.5. The summed E-state index contributed by atoms with van der Waals surface area (Å²) in [5, 5.41) is 12.3. The van der Waals surface area contributed by atoms with Crippen molar-refractivity contribution in [1.82, 2.24) is 14.9 Å². The van der Waals surface area contributed by atoms with Crippen molar-refractivity contribution in [2.24, 2.45) is 0 Å². The first-order valence-electron chi connectivity index (χ1n) is 10.6. The standard InChI is InChI=1S/C24H22ClF2N3O4/c1-14-29-21(34-13-17-5-6-18(26)10-19(17)27)20(25)22(31)30(14)12-16-4-2-3-15(9-16)11-28-23(32)24(33)7-8-24/h2-6,9-10,33H,7-8,11-13H2,1H3,(H,28,32). The molecule has 1 amide bonds. The number of aromatic nitrogens is 2. The van der Waals surface area contributed by atoms with Crippen LogP contribution in [0.2, 0.25) is 5.02 Å². The molecule has 0 unspecified atom stereocenters. The highest BCUT2D eigenvalue weighted by molar-refractivity contribution is 6.31. The van der Waals surface area contributed by atoms with Crippen molar-refractivity contribution >= 4 is 17.5 Å². The van der Waals surface area contributed by atoms with Gasteiger partial charge in [0.15, 0.2) is 5.02 Å². The Balaban J connectivity index is 1.47. The summed E-state index contributed by atoms with van der Waals surface area (Å²) in [4.78, 5) is 29.0. The molecular formula is C24H22ClF2N3O4. The Labute approximate surface area is 199 Å². The average molecular weight is 490 g/mol.